The molecule has 160 valence electrons. The van der Waals surface area contributed by atoms with Gasteiger partial charge in [-0.1, -0.05) is 17.7 Å². The molecule has 10 nitrogen and oxygen atoms in total. The summed E-state index contributed by atoms with van der Waals surface area (Å²) in [6.07, 6.45) is 3.13. The fourth-order valence-electron chi connectivity index (χ4n) is 3.03. The minimum Gasteiger partial charge on any atom is -0.369 e. The molecule has 0 unspecified atom stereocenters. The largest absolute Gasteiger partial charge is 0.369 e. The Bertz CT molecular complexity index is 1190. The Labute approximate surface area is 183 Å². The normalized spacial score (nSPS) is 14.9. The fourth-order valence-corrected chi connectivity index (χ4v) is 3.22. The molecule has 4 rings (SSSR count). The van der Waals surface area contributed by atoms with Gasteiger partial charge in [0.05, 0.1) is 6.20 Å². The zero-order valence-electron chi connectivity index (χ0n) is 16.9. The van der Waals surface area contributed by atoms with Crippen LogP contribution in [0.15, 0.2) is 42.2 Å². The molecule has 2 aromatic heterocycles. The van der Waals surface area contributed by atoms with E-state index in [-0.39, 0.29) is 5.70 Å². The third-order valence-corrected chi connectivity index (χ3v) is 4.72. The van der Waals surface area contributed by atoms with E-state index in [1.165, 1.54) is 0 Å². The number of amides is 3. The first-order chi connectivity index (χ1) is 14.9. The van der Waals surface area contributed by atoms with Crippen molar-refractivity contribution in [2.75, 3.05) is 37.8 Å². The number of benzene rings is 1. The summed E-state index contributed by atoms with van der Waals surface area (Å²) in [6.45, 7) is 1.52. The minimum atomic E-state index is -0.560. The van der Waals surface area contributed by atoms with Crippen LogP contribution in [0.4, 0.5) is 22.1 Å². The van der Waals surface area contributed by atoms with Crippen molar-refractivity contribution in [1.29, 1.82) is 0 Å². The molecule has 0 atom stereocenters. The van der Waals surface area contributed by atoms with E-state index in [1.54, 1.807) is 28.9 Å². The highest BCUT2D eigenvalue weighted by atomic mass is 35.5. The van der Waals surface area contributed by atoms with E-state index in [0.29, 0.717) is 28.6 Å². The quantitative estimate of drug-likeness (QED) is 0.329. The molecule has 0 radical (unpaired) electrons. The number of urea groups is 1. The summed E-state index contributed by atoms with van der Waals surface area (Å²) in [7, 11) is 3.99. The number of imide groups is 1. The standard InChI is InChI=1S/C20H21ClN8O2/c1-28(2)7-6-22-17-10-16(24-14-5-3-4-13(21)9-14)26-18-12(11-23-29(17)18)8-15-19(30)27-20(31)25-15/h3-5,8-11,22H,6-7H2,1-2H3,(H,24,26)(H2,25,27,30,31)/b15-8-. The Morgan fingerprint density at radius 2 is 2.06 bits per heavy atom. The monoisotopic (exact) mass is 440 g/mol. The number of aromatic nitrogens is 3. The number of likely N-dealkylation sites (N-methyl/N-ethyl adjacent to an activating group) is 1. The number of nitrogens with one attached hydrogen (secondary N) is 4. The second kappa shape index (κ2) is 8.62. The highest BCUT2D eigenvalue weighted by molar-refractivity contribution is 6.30. The van der Waals surface area contributed by atoms with E-state index >= 15 is 0 Å². The molecule has 0 bridgehead atoms. The van der Waals surface area contributed by atoms with Crippen molar-refractivity contribution in [3.05, 3.63) is 52.8 Å². The van der Waals surface area contributed by atoms with Gasteiger partial charge in [0, 0.05) is 35.4 Å². The Hall–Kier alpha value is -3.63. The Morgan fingerprint density at radius 1 is 1.23 bits per heavy atom. The Kier molecular flexibility index (Phi) is 5.74. The predicted molar refractivity (Wildman–Crippen MR) is 119 cm³/mol. The van der Waals surface area contributed by atoms with Crippen LogP contribution in [0.1, 0.15) is 5.56 Å². The van der Waals surface area contributed by atoms with Crippen molar-refractivity contribution in [2.24, 2.45) is 0 Å². The molecular formula is C20H21ClN8O2. The second-order valence-electron chi connectivity index (χ2n) is 7.19. The predicted octanol–water partition coefficient (Wildman–Crippen LogP) is 2.28. The molecule has 3 aromatic rings. The molecule has 11 heteroatoms. The molecule has 1 saturated heterocycles. The van der Waals surface area contributed by atoms with E-state index < -0.39 is 11.9 Å². The van der Waals surface area contributed by atoms with E-state index in [4.69, 9.17) is 11.6 Å². The highest BCUT2D eigenvalue weighted by Gasteiger charge is 2.23. The summed E-state index contributed by atoms with van der Waals surface area (Å²) in [5.41, 5.74) is 2.01. The zero-order chi connectivity index (χ0) is 22.0. The van der Waals surface area contributed by atoms with Crippen LogP contribution in [0.3, 0.4) is 0 Å². The second-order valence-corrected chi connectivity index (χ2v) is 7.63. The summed E-state index contributed by atoms with van der Waals surface area (Å²) in [5, 5.41) is 16.3. The molecule has 3 amide bonds. The van der Waals surface area contributed by atoms with Crippen LogP contribution in [-0.4, -0.2) is 58.6 Å². The van der Waals surface area contributed by atoms with Gasteiger partial charge in [0.1, 0.15) is 17.3 Å². The number of nitrogens with zero attached hydrogens (tertiary/aromatic N) is 4. The average Bonchev–Trinajstić information content (AvgIpc) is 3.24. The molecule has 1 fully saturated rings. The number of rotatable bonds is 7. The lowest BCUT2D eigenvalue weighted by Gasteiger charge is -2.14. The number of halogens is 1. The molecule has 1 aromatic carbocycles. The van der Waals surface area contributed by atoms with E-state index in [0.717, 1.165) is 18.1 Å². The summed E-state index contributed by atoms with van der Waals surface area (Å²) in [5.74, 6) is 0.796. The van der Waals surface area contributed by atoms with Crippen molar-refractivity contribution in [2.45, 2.75) is 0 Å². The van der Waals surface area contributed by atoms with Gasteiger partial charge in [-0.25, -0.2) is 9.78 Å². The van der Waals surface area contributed by atoms with Crippen molar-refractivity contribution < 1.29 is 9.59 Å². The molecule has 0 aliphatic carbocycles. The van der Waals surface area contributed by atoms with Crippen LogP contribution in [0.2, 0.25) is 5.02 Å². The minimum absolute atomic E-state index is 0.136. The van der Waals surface area contributed by atoms with Gasteiger partial charge in [-0.15, -0.1) is 0 Å². The van der Waals surface area contributed by atoms with Crippen LogP contribution in [0.5, 0.6) is 0 Å². The zero-order valence-corrected chi connectivity index (χ0v) is 17.7. The molecule has 4 N–H and O–H groups in total. The average molecular weight is 441 g/mol. The van der Waals surface area contributed by atoms with Crippen LogP contribution < -0.4 is 21.3 Å². The van der Waals surface area contributed by atoms with Gasteiger partial charge < -0.3 is 20.9 Å². The smallest absolute Gasteiger partial charge is 0.326 e. The van der Waals surface area contributed by atoms with Crippen LogP contribution in [0.25, 0.3) is 11.7 Å². The van der Waals surface area contributed by atoms with Crippen LogP contribution >= 0.6 is 11.6 Å². The Balaban J connectivity index is 1.73. The number of carbonyl (C=O) groups is 2. The lowest BCUT2D eigenvalue weighted by Crippen LogP contribution is -2.22. The van der Waals surface area contributed by atoms with Gasteiger partial charge in [0.25, 0.3) is 5.91 Å². The third-order valence-electron chi connectivity index (χ3n) is 4.48. The van der Waals surface area contributed by atoms with Crippen molar-refractivity contribution in [3.63, 3.8) is 0 Å². The van der Waals surface area contributed by atoms with Gasteiger partial charge in [-0.2, -0.15) is 9.61 Å². The summed E-state index contributed by atoms with van der Waals surface area (Å²) in [4.78, 5) is 30.0. The van der Waals surface area contributed by atoms with Crippen LogP contribution in [-0.2, 0) is 4.79 Å². The lowest BCUT2D eigenvalue weighted by atomic mass is 10.2. The molecule has 3 heterocycles. The number of hydrogen-bond donors (Lipinski definition) is 4. The molecular weight excluding hydrogens is 420 g/mol. The number of carbonyl (C=O) groups excluding carboxylic acids is 2. The van der Waals surface area contributed by atoms with E-state index in [1.807, 2.05) is 32.3 Å². The summed E-state index contributed by atoms with van der Waals surface area (Å²) < 4.78 is 1.65. The first-order valence-corrected chi connectivity index (χ1v) is 9.91. The van der Waals surface area contributed by atoms with Gasteiger partial charge in [0.15, 0.2) is 5.65 Å². The SMILES string of the molecule is CN(C)CCNc1cc(Nc2cccc(Cl)c2)nc2c(/C=C3\NC(=O)NC3=O)cnn12. The van der Waals surface area contributed by atoms with Gasteiger partial charge >= 0.3 is 6.03 Å². The maximum absolute atomic E-state index is 11.9. The summed E-state index contributed by atoms with van der Waals surface area (Å²) >= 11 is 6.09. The maximum Gasteiger partial charge on any atom is 0.326 e. The number of hydrogen-bond acceptors (Lipinski definition) is 7. The lowest BCUT2D eigenvalue weighted by molar-refractivity contribution is -0.115. The molecule has 0 saturated carbocycles. The number of fused-ring (bicyclic) bond motifs is 1. The van der Waals surface area contributed by atoms with Crippen molar-refractivity contribution in [3.8, 4) is 0 Å². The van der Waals surface area contributed by atoms with E-state index in [2.05, 4.69) is 36.2 Å². The first kappa shape index (κ1) is 20.6. The molecule has 31 heavy (non-hydrogen) atoms. The van der Waals surface area contributed by atoms with Gasteiger partial charge in [-0.3, -0.25) is 10.1 Å². The summed E-state index contributed by atoms with van der Waals surface area (Å²) in [6, 6.07) is 8.60. The van der Waals surface area contributed by atoms with Crippen molar-refractivity contribution >= 4 is 52.6 Å². The Morgan fingerprint density at radius 3 is 2.77 bits per heavy atom. The number of anilines is 3. The van der Waals surface area contributed by atoms with Gasteiger partial charge in [-0.05, 0) is 38.4 Å². The first-order valence-electron chi connectivity index (χ1n) is 9.53. The topological polar surface area (TPSA) is 116 Å². The van der Waals surface area contributed by atoms with Crippen molar-refractivity contribution in [1.82, 2.24) is 30.1 Å². The maximum atomic E-state index is 11.9. The van der Waals surface area contributed by atoms with E-state index in [9.17, 15) is 9.59 Å². The van der Waals surface area contributed by atoms with Gasteiger partial charge in [0.2, 0.25) is 0 Å². The molecule has 1 aliphatic heterocycles. The molecule has 0 spiro atoms. The highest BCUT2D eigenvalue weighted by Crippen LogP contribution is 2.24. The molecule has 1 aliphatic rings. The fraction of sp³-hybridized carbons (Fsp3) is 0.200. The third kappa shape index (κ3) is 4.76. The van der Waals surface area contributed by atoms with Crippen LogP contribution in [0, 0.1) is 0 Å².